The zero-order chi connectivity index (χ0) is 30.8. The first-order valence-electron chi connectivity index (χ1n) is 15.7. The van der Waals surface area contributed by atoms with Gasteiger partial charge in [0.1, 0.15) is 16.9 Å². The van der Waals surface area contributed by atoms with Gasteiger partial charge in [0.15, 0.2) is 0 Å². The monoisotopic (exact) mass is 593 g/mol. The summed E-state index contributed by atoms with van der Waals surface area (Å²) in [6.45, 7) is 4.65. The molecule has 0 aliphatic carbocycles. The normalized spacial score (nSPS) is 13.6. The molecule has 6 aromatic carbocycles. The number of benzene rings is 6. The smallest absolute Gasteiger partial charge is 0.143 e. The molecule has 0 atom stereocenters. The first-order chi connectivity index (χ1) is 22.6. The molecule has 0 N–H and O–H groups in total. The van der Waals surface area contributed by atoms with Crippen LogP contribution in [0.1, 0.15) is 25.0 Å². The van der Waals surface area contributed by atoms with Crippen LogP contribution in [0.4, 0.5) is 17.1 Å². The summed E-state index contributed by atoms with van der Waals surface area (Å²) >= 11 is 0. The van der Waals surface area contributed by atoms with Crippen LogP contribution in [0.15, 0.2) is 156 Å². The number of para-hydroxylation sites is 4. The van der Waals surface area contributed by atoms with Crippen molar-refractivity contribution in [3.8, 4) is 28.1 Å². The second-order valence-corrected chi connectivity index (χ2v) is 12.5. The molecule has 0 bridgehead atoms. The lowest BCUT2D eigenvalue weighted by Crippen LogP contribution is -2.30. The molecule has 2 aromatic heterocycles. The standard InChI is InChI=1S/C42H31N3O/c1-42(2)35-20-10-12-22-37(35)45(38-23-13-11-21-36(38)42)30-25-32-31-19-9-14-24-39(31)46-41(32)33(26-30)34-27-44(29-17-7-4-8-18-29)43-40(34)28-15-5-3-6-16-28/h3-27H,1-2H3. The van der Waals surface area contributed by atoms with E-state index in [1.165, 1.54) is 22.5 Å². The van der Waals surface area contributed by atoms with Gasteiger partial charge in [-0.25, -0.2) is 4.68 Å². The third-order valence-corrected chi connectivity index (χ3v) is 9.43. The van der Waals surface area contributed by atoms with Crippen molar-refractivity contribution in [2.24, 2.45) is 0 Å². The van der Waals surface area contributed by atoms with E-state index in [-0.39, 0.29) is 5.41 Å². The first kappa shape index (κ1) is 26.5. The van der Waals surface area contributed by atoms with Gasteiger partial charge in [0.05, 0.1) is 17.1 Å². The maximum Gasteiger partial charge on any atom is 0.143 e. The van der Waals surface area contributed by atoms with Crippen LogP contribution in [0.25, 0.3) is 50.0 Å². The van der Waals surface area contributed by atoms with Gasteiger partial charge in [0.2, 0.25) is 0 Å². The van der Waals surface area contributed by atoms with E-state index >= 15 is 0 Å². The van der Waals surface area contributed by atoms with Crippen LogP contribution in [0.5, 0.6) is 0 Å². The summed E-state index contributed by atoms with van der Waals surface area (Å²) in [4.78, 5) is 2.42. The Kier molecular flexibility index (Phi) is 5.81. The number of rotatable bonds is 4. The van der Waals surface area contributed by atoms with Gasteiger partial charge < -0.3 is 9.32 Å². The van der Waals surface area contributed by atoms with E-state index in [9.17, 15) is 0 Å². The van der Waals surface area contributed by atoms with Gasteiger partial charge in [0, 0.05) is 44.8 Å². The number of aromatic nitrogens is 2. The maximum atomic E-state index is 6.70. The number of hydrogen-bond donors (Lipinski definition) is 0. The van der Waals surface area contributed by atoms with Crippen molar-refractivity contribution in [1.29, 1.82) is 0 Å². The van der Waals surface area contributed by atoms with Crippen LogP contribution in [0, 0.1) is 0 Å². The number of nitrogens with zero attached hydrogens (tertiary/aromatic N) is 3. The Bertz CT molecular complexity index is 2350. The molecule has 4 nitrogen and oxygen atoms in total. The van der Waals surface area contributed by atoms with E-state index in [4.69, 9.17) is 9.52 Å². The average Bonchev–Trinajstić information content (AvgIpc) is 3.72. The molecule has 220 valence electrons. The van der Waals surface area contributed by atoms with Crippen LogP contribution >= 0.6 is 0 Å². The van der Waals surface area contributed by atoms with Gasteiger partial charge in [-0.05, 0) is 53.6 Å². The van der Waals surface area contributed by atoms with Crippen LogP contribution in [-0.2, 0) is 5.41 Å². The van der Waals surface area contributed by atoms with Gasteiger partial charge in [-0.1, -0.05) is 117 Å². The highest BCUT2D eigenvalue weighted by Crippen LogP contribution is 2.53. The highest BCUT2D eigenvalue weighted by molar-refractivity contribution is 6.12. The minimum absolute atomic E-state index is 0.143. The van der Waals surface area contributed by atoms with Gasteiger partial charge in [-0.15, -0.1) is 0 Å². The van der Waals surface area contributed by atoms with E-state index in [0.717, 1.165) is 55.7 Å². The summed E-state index contributed by atoms with van der Waals surface area (Å²) in [5.74, 6) is 0. The molecule has 46 heavy (non-hydrogen) atoms. The maximum absolute atomic E-state index is 6.70. The van der Waals surface area contributed by atoms with E-state index in [1.54, 1.807) is 0 Å². The van der Waals surface area contributed by atoms with Crippen LogP contribution in [-0.4, -0.2) is 9.78 Å². The summed E-state index contributed by atoms with van der Waals surface area (Å²) in [6.07, 6.45) is 2.14. The van der Waals surface area contributed by atoms with E-state index in [1.807, 2.05) is 35.0 Å². The number of furan rings is 1. The molecular formula is C42H31N3O. The zero-order valence-corrected chi connectivity index (χ0v) is 25.7. The molecule has 4 heteroatoms. The molecule has 0 saturated carbocycles. The molecule has 0 saturated heterocycles. The van der Waals surface area contributed by atoms with Crippen molar-refractivity contribution in [2.45, 2.75) is 19.3 Å². The summed E-state index contributed by atoms with van der Waals surface area (Å²) in [5.41, 5.74) is 12.6. The molecule has 8 aromatic rings. The number of anilines is 3. The predicted molar refractivity (Wildman–Crippen MR) is 189 cm³/mol. The Morgan fingerprint density at radius 1 is 0.565 bits per heavy atom. The summed E-state index contributed by atoms with van der Waals surface area (Å²) in [7, 11) is 0. The quantitative estimate of drug-likeness (QED) is 0.204. The van der Waals surface area contributed by atoms with Crippen LogP contribution < -0.4 is 4.90 Å². The largest absolute Gasteiger partial charge is 0.455 e. The highest BCUT2D eigenvalue weighted by atomic mass is 16.3. The fourth-order valence-electron chi connectivity index (χ4n) is 7.18. The van der Waals surface area contributed by atoms with Crippen molar-refractivity contribution in [3.05, 3.63) is 163 Å². The average molecular weight is 594 g/mol. The lowest BCUT2D eigenvalue weighted by molar-refractivity contribution is 0.632. The molecule has 3 heterocycles. The Labute approximate surface area is 267 Å². The molecule has 9 rings (SSSR count). The summed E-state index contributed by atoms with van der Waals surface area (Å²) < 4.78 is 8.68. The van der Waals surface area contributed by atoms with Gasteiger partial charge in [0.25, 0.3) is 0 Å². The molecule has 0 unspecified atom stereocenters. The SMILES string of the molecule is CC1(C)c2ccccc2N(c2cc(-c3cn(-c4ccccc4)nc3-c3ccccc3)c3oc4ccccc4c3c2)c2ccccc21. The van der Waals surface area contributed by atoms with Gasteiger partial charge in [-0.2, -0.15) is 5.10 Å². The van der Waals surface area contributed by atoms with Gasteiger partial charge in [-0.3, -0.25) is 0 Å². The fourth-order valence-corrected chi connectivity index (χ4v) is 7.18. The molecule has 0 amide bonds. The van der Waals surface area contributed by atoms with Crippen molar-refractivity contribution in [2.75, 3.05) is 4.90 Å². The highest BCUT2D eigenvalue weighted by Gasteiger charge is 2.37. The number of fused-ring (bicyclic) bond motifs is 5. The van der Waals surface area contributed by atoms with E-state index in [0.29, 0.717) is 0 Å². The topological polar surface area (TPSA) is 34.2 Å². The van der Waals surface area contributed by atoms with E-state index < -0.39 is 0 Å². The lowest BCUT2D eigenvalue weighted by Gasteiger charge is -2.42. The van der Waals surface area contributed by atoms with Crippen molar-refractivity contribution >= 4 is 39.0 Å². The van der Waals surface area contributed by atoms with Gasteiger partial charge >= 0.3 is 0 Å². The molecular weight excluding hydrogens is 562 g/mol. The second-order valence-electron chi connectivity index (χ2n) is 12.5. The first-order valence-corrected chi connectivity index (χ1v) is 15.7. The summed E-state index contributed by atoms with van der Waals surface area (Å²) in [6, 6.07) is 51.2. The predicted octanol–water partition coefficient (Wildman–Crippen LogP) is 11.2. The Morgan fingerprint density at radius 2 is 1.17 bits per heavy atom. The molecule has 1 aliphatic rings. The van der Waals surface area contributed by atoms with Crippen molar-refractivity contribution in [3.63, 3.8) is 0 Å². The van der Waals surface area contributed by atoms with Crippen molar-refractivity contribution in [1.82, 2.24) is 9.78 Å². The minimum Gasteiger partial charge on any atom is -0.455 e. The zero-order valence-electron chi connectivity index (χ0n) is 25.7. The molecule has 0 radical (unpaired) electrons. The lowest BCUT2D eigenvalue weighted by atomic mass is 9.73. The Morgan fingerprint density at radius 3 is 1.89 bits per heavy atom. The Balaban J connectivity index is 1.38. The molecule has 1 aliphatic heterocycles. The third-order valence-electron chi connectivity index (χ3n) is 9.43. The Hall–Kier alpha value is -5.87. The van der Waals surface area contributed by atoms with Crippen LogP contribution in [0.2, 0.25) is 0 Å². The van der Waals surface area contributed by atoms with E-state index in [2.05, 4.69) is 140 Å². The van der Waals surface area contributed by atoms with Crippen LogP contribution in [0.3, 0.4) is 0 Å². The summed E-state index contributed by atoms with van der Waals surface area (Å²) in [5, 5.41) is 7.35. The fraction of sp³-hybridized carbons (Fsp3) is 0.0714. The molecule has 0 spiro atoms. The minimum atomic E-state index is -0.143. The number of hydrogen-bond acceptors (Lipinski definition) is 3. The second kappa shape index (κ2) is 10.1. The third kappa shape index (κ3) is 3.97. The van der Waals surface area contributed by atoms with Crippen molar-refractivity contribution < 1.29 is 4.42 Å². The molecule has 0 fully saturated rings.